The third kappa shape index (κ3) is 2.42. The van der Waals surface area contributed by atoms with Gasteiger partial charge in [-0.15, -0.1) is 12.4 Å². The fraction of sp³-hybridized carbons (Fsp3) is 0.500. The van der Waals surface area contributed by atoms with Gasteiger partial charge in [0, 0.05) is 18.0 Å². The number of rotatable bonds is 2. The zero-order valence-corrected chi connectivity index (χ0v) is 11.7. The van der Waals surface area contributed by atoms with E-state index in [2.05, 4.69) is 16.4 Å². The molecule has 2 N–H and O–H groups in total. The number of nitrogens with one attached hydrogen (secondary N) is 1. The molecule has 1 aromatic carbocycles. The van der Waals surface area contributed by atoms with Gasteiger partial charge in [-0.1, -0.05) is 12.1 Å². The number of nitrogens with zero attached hydrogens (tertiary/aromatic N) is 1. The topological polar surface area (TPSA) is 53.9 Å². The molecule has 0 bridgehead atoms. The van der Waals surface area contributed by atoms with Crippen LogP contribution in [0.25, 0.3) is 0 Å². The summed E-state index contributed by atoms with van der Waals surface area (Å²) < 4.78 is 5.37. The summed E-state index contributed by atoms with van der Waals surface area (Å²) in [5, 5.41) is 13.9. The first-order valence-electron chi connectivity index (χ1n) is 6.43. The van der Waals surface area contributed by atoms with Crippen LogP contribution < -0.4 is 10.1 Å². The number of fused-ring (bicyclic) bond motifs is 1. The van der Waals surface area contributed by atoms with E-state index in [0.29, 0.717) is 0 Å². The first kappa shape index (κ1) is 14.2. The van der Waals surface area contributed by atoms with Crippen molar-refractivity contribution in [2.45, 2.75) is 18.9 Å². The minimum absolute atomic E-state index is 0. The van der Waals surface area contributed by atoms with E-state index in [9.17, 15) is 5.11 Å². The van der Waals surface area contributed by atoms with Crippen LogP contribution in [-0.4, -0.2) is 31.1 Å². The maximum Gasteiger partial charge on any atom is 0.124 e. The minimum Gasteiger partial charge on any atom is -0.496 e. The number of aliphatic imine (C=N–C) groups is 1. The average molecular weight is 283 g/mol. The lowest BCUT2D eigenvalue weighted by Crippen LogP contribution is -2.34. The highest BCUT2D eigenvalue weighted by Crippen LogP contribution is 2.40. The Hall–Kier alpha value is -1.26. The summed E-state index contributed by atoms with van der Waals surface area (Å²) in [6, 6.07) is 5.96. The highest BCUT2D eigenvalue weighted by atomic mass is 35.5. The Balaban J connectivity index is 0.00000133. The molecular formula is C14H19ClN2O2. The van der Waals surface area contributed by atoms with Crippen molar-refractivity contribution in [3.05, 3.63) is 29.3 Å². The van der Waals surface area contributed by atoms with Crippen LogP contribution >= 0.6 is 12.4 Å². The zero-order chi connectivity index (χ0) is 12.5. The molecule has 0 spiro atoms. The number of amidine groups is 1. The number of methoxy groups -OCH3 is 1. The number of aliphatic hydroxyl groups excluding tert-OH is 1. The highest BCUT2D eigenvalue weighted by molar-refractivity contribution is 5.87. The van der Waals surface area contributed by atoms with E-state index in [1.807, 2.05) is 12.1 Å². The Morgan fingerprint density at radius 3 is 2.95 bits per heavy atom. The molecule has 104 valence electrons. The summed E-state index contributed by atoms with van der Waals surface area (Å²) in [5.74, 6) is 1.82. The molecule has 0 saturated heterocycles. The number of hydrogen-bond donors (Lipinski definition) is 2. The smallest absolute Gasteiger partial charge is 0.124 e. The Labute approximate surface area is 119 Å². The summed E-state index contributed by atoms with van der Waals surface area (Å²) >= 11 is 0. The van der Waals surface area contributed by atoms with Gasteiger partial charge in [-0.25, -0.2) is 0 Å². The van der Waals surface area contributed by atoms with Crippen molar-refractivity contribution >= 4 is 18.2 Å². The van der Waals surface area contributed by atoms with Gasteiger partial charge in [-0.3, -0.25) is 4.99 Å². The Morgan fingerprint density at radius 2 is 2.26 bits per heavy atom. The van der Waals surface area contributed by atoms with Crippen molar-refractivity contribution in [3.8, 4) is 5.75 Å². The summed E-state index contributed by atoms with van der Waals surface area (Å²) in [5.41, 5.74) is 2.13. The van der Waals surface area contributed by atoms with E-state index in [4.69, 9.17) is 4.74 Å². The molecule has 0 fully saturated rings. The molecule has 1 aliphatic heterocycles. The predicted octanol–water partition coefficient (Wildman–Crippen LogP) is 1.71. The average Bonchev–Trinajstić information content (AvgIpc) is 2.92. The third-order valence-corrected chi connectivity index (χ3v) is 3.83. The van der Waals surface area contributed by atoms with E-state index in [0.717, 1.165) is 43.1 Å². The molecule has 0 amide bonds. The Morgan fingerprint density at radius 1 is 1.42 bits per heavy atom. The monoisotopic (exact) mass is 282 g/mol. The van der Waals surface area contributed by atoms with Crippen LogP contribution in [0.3, 0.4) is 0 Å². The summed E-state index contributed by atoms with van der Waals surface area (Å²) in [6.45, 7) is 1.70. The molecule has 2 aliphatic rings. The summed E-state index contributed by atoms with van der Waals surface area (Å²) in [7, 11) is 1.65. The second kappa shape index (κ2) is 5.80. The van der Waals surface area contributed by atoms with Crippen LogP contribution in [0.4, 0.5) is 0 Å². The van der Waals surface area contributed by atoms with Crippen molar-refractivity contribution in [1.82, 2.24) is 5.32 Å². The SMILES string of the molecule is COc1cccc2c1[C@@H](O)[C@H](C1=NCCN1)CC2.Cl. The summed E-state index contributed by atoms with van der Waals surface area (Å²) in [4.78, 5) is 4.44. The molecule has 19 heavy (non-hydrogen) atoms. The van der Waals surface area contributed by atoms with Gasteiger partial charge >= 0.3 is 0 Å². The first-order valence-corrected chi connectivity index (χ1v) is 6.43. The van der Waals surface area contributed by atoms with Gasteiger partial charge in [0.05, 0.1) is 19.8 Å². The van der Waals surface area contributed by atoms with Crippen molar-refractivity contribution in [3.63, 3.8) is 0 Å². The highest BCUT2D eigenvalue weighted by Gasteiger charge is 2.34. The van der Waals surface area contributed by atoms with Gasteiger partial charge in [0.25, 0.3) is 0 Å². The van der Waals surface area contributed by atoms with Crippen LogP contribution in [0.15, 0.2) is 23.2 Å². The van der Waals surface area contributed by atoms with Gasteiger partial charge in [-0.2, -0.15) is 0 Å². The van der Waals surface area contributed by atoms with E-state index >= 15 is 0 Å². The number of aryl methyl sites for hydroxylation is 1. The number of benzene rings is 1. The molecule has 0 radical (unpaired) electrons. The molecule has 1 aliphatic carbocycles. The fourth-order valence-electron chi connectivity index (χ4n) is 2.94. The number of ether oxygens (including phenoxy) is 1. The molecule has 0 aromatic heterocycles. The maximum atomic E-state index is 10.6. The van der Waals surface area contributed by atoms with Crippen molar-refractivity contribution in [2.75, 3.05) is 20.2 Å². The van der Waals surface area contributed by atoms with Crippen LogP contribution in [0.5, 0.6) is 5.75 Å². The minimum atomic E-state index is -0.519. The molecule has 4 nitrogen and oxygen atoms in total. The van der Waals surface area contributed by atoms with Crippen molar-refractivity contribution in [1.29, 1.82) is 0 Å². The van der Waals surface area contributed by atoms with E-state index < -0.39 is 6.10 Å². The quantitative estimate of drug-likeness (QED) is 0.868. The fourth-order valence-corrected chi connectivity index (χ4v) is 2.94. The van der Waals surface area contributed by atoms with Gasteiger partial charge in [0.2, 0.25) is 0 Å². The maximum absolute atomic E-state index is 10.6. The lowest BCUT2D eigenvalue weighted by molar-refractivity contribution is 0.122. The molecule has 2 atom stereocenters. The number of aliphatic hydroxyl groups is 1. The molecule has 5 heteroatoms. The predicted molar refractivity (Wildman–Crippen MR) is 77.3 cm³/mol. The van der Waals surface area contributed by atoms with Gasteiger partial charge < -0.3 is 15.2 Å². The normalized spacial score (nSPS) is 24.8. The largest absolute Gasteiger partial charge is 0.496 e. The number of hydrogen-bond acceptors (Lipinski definition) is 4. The lowest BCUT2D eigenvalue weighted by atomic mass is 9.80. The van der Waals surface area contributed by atoms with Gasteiger partial charge in [-0.05, 0) is 24.5 Å². The standard InChI is InChI=1S/C14H18N2O2.ClH/c1-18-11-4-2-3-9-5-6-10(13(17)12(9)11)14-15-7-8-16-14;/h2-4,10,13,17H,5-8H2,1H3,(H,15,16);1H/t10-,13+;/m1./s1. The van der Waals surface area contributed by atoms with Crippen LogP contribution in [0.1, 0.15) is 23.7 Å². The van der Waals surface area contributed by atoms with Crippen molar-refractivity contribution in [2.24, 2.45) is 10.9 Å². The molecular weight excluding hydrogens is 264 g/mol. The molecule has 0 saturated carbocycles. The first-order chi connectivity index (χ1) is 8.81. The van der Waals surface area contributed by atoms with Crippen molar-refractivity contribution < 1.29 is 9.84 Å². The second-order valence-corrected chi connectivity index (χ2v) is 4.82. The third-order valence-electron chi connectivity index (χ3n) is 3.83. The van der Waals surface area contributed by atoms with Crippen LogP contribution in [-0.2, 0) is 6.42 Å². The van der Waals surface area contributed by atoms with E-state index in [-0.39, 0.29) is 18.3 Å². The zero-order valence-electron chi connectivity index (χ0n) is 10.9. The lowest BCUT2D eigenvalue weighted by Gasteiger charge is -2.31. The second-order valence-electron chi connectivity index (χ2n) is 4.82. The van der Waals surface area contributed by atoms with Gasteiger partial charge in [0.15, 0.2) is 0 Å². The molecule has 3 rings (SSSR count). The van der Waals surface area contributed by atoms with E-state index in [1.165, 1.54) is 5.56 Å². The molecule has 0 unspecified atom stereocenters. The van der Waals surface area contributed by atoms with E-state index in [1.54, 1.807) is 7.11 Å². The Kier molecular flexibility index (Phi) is 4.32. The van der Waals surface area contributed by atoms with Crippen LogP contribution in [0, 0.1) is 5.92 Å². The Bertz CT molecular complexity index is 476. The van der Waals surface area contributed by atoms with Gasteiger partial charge in [0.1, 0.15) is 11.6 Å². The summed E-state index contributed by atoms with van der Waals surface area (Å²) in [6.07, 6.45) is 1.39. The number of halogens is 1. The molecule has 1 heterocycles. The molecule has 1 aromatic rings. The van der Waals surface area contributed by atoms with Crippen LogP contribution in [0.2, 0.25) is 0 Å².